The molecule has 0 radical (unpaired) electrons. The number of amides is 1. The summed E-state index contributed by atoms with van der Waals surface area (Å²) >= 11 is 1.70. The summed E-state index contributed by atoms with van der Waals surface area (Å²) in [5, 5.41) is 11.0. The molecular weight excluding hydrogens is 254 g/mol. The average Bonchev–Trinajstić information content (AvgIpc) is 2.29. The number of carboxylic acids is 1. The highest BCUT2D eigenvalue weighted by atomic mass is 32.2. The molecule has 0 fully saturated rings. The minimum Gasteiger partial charge on any atom is -0.480 e. The van der Waals surface area contributed by atoms with Crippen molar-refractivity contribution < 1.29 is 19.4 Å². The number of thioether (sulfide) groups is 1. The van der Waals surface area contributed by atoms with Gasteiger partial charge in [0.1, 0.15) is 13.2 Å². The van der Waals surface area contributed by atoms with Gasteiger partial charge in [-0.25, -0.2) is 4.79 Å². The third kappa shape index (κ3) is 5.70. The van der Waals surface area contributed by atoms with Gasteiger partial charge in [-0.05, 0) is 24.0 Å². The van der Waals surface area contributed by atoms with E-state index >= 15 is 0 Å². The molecule has 98 valence electrons. The maximum atomic E-state index is 11.4. The molecule has 6 heteroatoms. The smallest absolute Gasteiger partial charge is 0.329 e. The summed E-state index contributed by atoms with van der Waals surface area (Å²) in [4.78, 5) is 21.6. The van der Waals surface area contributed by atoms with Crippen LogP contribution in [0.15, 0.2) is 24.3 Å². The van der Waals surface area contributed by atoms with E-state index in [1.807, 2.05) is 24.5 Å². The summed E-state index contributed by atoms with van der Waals surface area (Å²) in [5.41, 5.74) is 1.80. The van der Waals surface area contributed by atoms with Crippen LogP contribution >= 0.6 is 11.8 Å². The Balaban J connectivity index is 2.43. The van der Waals surface area contributed by atoms with Gasteiger partial charge in [-0.15, -0.1) is 0 Å². The number of anilines is 1. The van der Waals surface area contributed by atoms with Crippen LogP contribution in [0.25, 0.3) is 0 Å². The molecule has 0 unspecified atom stereocenters. The molecule has 1 amide bonds. The lowest BCUT2D eigenvalue weighted by molar-refractivity contribution is -0.143. The zero-order chi connectivity index (χ0) is 13.4. The SMILES string of the molecule is CSCc1cccc(NC(=O)COCC(=O)O)c1. The Morgan fingerprint density at radius 3 is 2.83 bits per heavy atom. The molecular formula is C12H15NO4S. The highest BCUT2D eigenvalue weighted by molar-refractivity contribution is 7.97. The summed E-state index contributed by atoms with van der Waals surface area (Å²) < 4.78 is 4.69. The van der Waals surface area contributed by atoms with Gasteiger partial charge in [-0.3, -0.25) is 4.79 Å². The molecule has 0 spiro atoms. The zero-order valence-electron chi connectivity index (χ0n) is 10.0. The summed E-state index contributed by atoms with van der Waals surface area (Å²) in [6.45, 7) is -0.737. The number of carbonyl (C=O) groups is 2. The molecule has 0 saturated carbocycles. The molecule has 0 atom stereocenters. The van der Waals surface area contributed by atoms with Crippen LogP contribution in [0.2, 0.25) is 0 Å². The molecule has 1 rings (SSSR count). The van der Waals surface area contributed by atoms with Crippen LogP contribution in [0.5, 0.6) is 0 Å². The van der Waals surface area contributed by atoms with Crippen molar-refractivity contribution in [3.8, 4) is 0 Å². The summed E-state index contributed by atoms with van der Waals surface area (Å²) in [6, 6.07) is 7.50. The summed E-state index contributed by atoms with van der Waals surface area (Å²) in [6.07, 6.45) is 2.00. The first-order valence-electron chi connectivity index (χ1n) is 5.29. The molecule has 5 nitrogen and oxygen atoms in total. The van der Waals surface area contributed by atoms with E-state index in [-0.39, 0.29) is 12.5 Å². The summed E-state index contributed by atoms with van der Waals surface area (Å²) in [7, 11) is 0. The van der Waals surface area contributed by atoms with Gasteiger partial charge >= 0.3 is 5.97 Å². The van der Waals surface area contributed by atoms with Gasteiger partial charge in [0, 0.05) is 11.4 Å². The molecule has 18 heavy (non-hydrogen) atoms. The Hall–Kier alpha value is -1.53. The number of ether oxygens (including phenoxy) is 1. The van der Waals surface area contributed by atoms with Gasteiger partial charge in [0.2, 0.25) is 5.91 Å². The molecule has 0 heterocycles. The normalized spacial score (nSPS) is 10.1. The Morgan fingerprint density at radius 2 is 2.17 bits per heavy atom. The van der Waals surface area contributed by atoms with Crippen molar-refractivity contribution in [1.29, 1.82) is 0 Å². The van der Waals surface area contributed by atoms with Crippen LogP contribution < -0.4 is 5.32 Å². The predicted octanol–water partition coefficient (Wildman–Crippen LogP) is 1.59. The van der Waals surface area contributed by atoms with Crippen molar-refractivity contribution in [2.24, 2.45) is 0 Å². The maximum absolute atomic E-state index is 11.4. The number of benzene rings is 1. The number of carboxylic acid groups (broad SMARTS) is 1. The number of hydrogen-bond donors (Lipinski definition) is 2. The molecule has 0 bridgehead atoms. The van der Waals surface area contributed by atoms with Gasteiger partial charge in [-0.1, -0.05) is 12.1 Å². The Bertz CT molecular complexity index is 422. The molecule has 0 saturated heterocycles. The molecule has 0 aromatic heterocycles. The lowest BCUT2D eigenvalue weighted by Crippen LogP contribution is -2.20. The number of carbonyl (C=O) groups excluding carboxylic acids is 1. The van der Waals surface area contributed by atoms with Gasteiger partial charge in [0.25, 0.3) is 0 Å². The second kappa shape index (κ2) is 7.73. The van der Waals surface area contributed by atoms with E-state index in [9.17, 15) is 9.59 Å². The molecule has 1 aromatic rings. The number of rotatable bonds is 7. The summed E-state index contributed by atoms with van der Waals surface area (Å²) in [5.74, 6) is -0.582. The molecule has 0 aliphatic rings. The van der Waals surface area contributed by atoms with Crippen molar-refractivity contribution in [1.82, 2.24) is 0 Å². The minimum absolute atomic E-state index is 0.265. The second-order valence-corrected chi connectivity index (χ2v) is 4.43. The number of nitrogens with one attached hydrogen (secondary N) is 1. The van der Waals surface area contributed by atoms with Crippen LogP contribution in [-0.2, 0) is 20.1 Å². The fraction of sp³-hybridized carbons (Fsp3) is 0.333. The highest BCUT2D eigenvalue weighted by Gasteiger charge is 2.04. The monoisotopic (exact) mass is 269 g/mol. The van der Waals surface area contributed by atoms with Crippen LogP contribution in [0.1, 0.15) is 5.56 Å². The fourth-order valence-electron chi connectivity index (χ4n) is 1.33. The van der Waals surface area contributed by atoms with Gasteiger partial charge in [0.05, 0.1) is 0 Å². The van der Waals surface area contributed by atoms with Crippen molar-refractivity contribution in [3.05, 3.63) is 29.8 Å². The number of hydrogen-bond acceptors (Lipinski definition) is 4. The topological polar surface area (TPSA) is 75.6 Å². The van der Waals surface area contributed by atoms with Crippen molar-refractivity contribution >= 4 is 29.3 Å². The Kier molecular flexibility index (Phi) is 6.24. The third-order valence-corrected chi connectivity index (χ3v) is 2.60. The molecule has 2 N–H and O–H groups in total. The van der Waals surface area contributed by atoms with Crippen molar-refractivity contribution in [2.45, 2.75) is 5.75 Å². The van der Waals surface area contributed by atoms with E-state index < -0.39 is 12.6 Å². The standard InChI is InChI=1S/C12H15NO4S/c1-18-8-9-3-2-4-10(5-9)13-11(14)6-17-7-12(15)16/h2-5H,6-8H2,1H3,(H,13,14)(H,15,16). The first-order valence-corrected chi connectivity index (χ1v) is 6.68. The lowest BCUT2D eigenvalue weighted by atomic mass is 10.2. The molecule has 1 aromatic carbocycles. The van der Waals surface area contributed by atoms with E-state index in [2.05, 4.69) is 5.32 Å². The average molecular weight is 269 g/mol. The largest absolute Gasteiger partial charge is 0.480 e. The van der Waals surface area contributed by atoms with Gasteiger partial charge in [0.15, 0.2) is 0 Å². The van der Waals surface area contributed by atoms with Crippen LogP contribution in [0.3, 0.4) is 0 Å². The third-order valence-electron chi connectivity index (χ3n) is 1.98. The highest BCUT2D eigenvalue weighted by Crippen LogP contribution is 2.14. The Labute approximate surface area is 110 Å². The van der Waals surface area contributed by atoms with E-state index in [0.29, 0.717) is 5.69 Å². The quantitative estimate of drug-likeness (QED) is 0.786. The molecule has 0 aliphatic heterocycles. The number of aliphatic carboxylic acids is 1. The maximum Gasteiger partial charge on any atom is 0.329 e. The van der Waals surface area contributed by atoms with Gasteiger partial charge < -0.3 is 15.2 Å². The van der Waals surface area contributed by atoms with E-state index in [1.165, 1.54) is 0 Å². The minimum atomic E-state index is -1.09. The second-order valence-electron chi connectivity index (χ2n) is 3.57. The van der Waals surface area contributed by atoms with Crippen LogP contribution in [-0.4, -0.2) is 36.5 Å². The fourth-order valence-corrected chi connectivity index (χ4v) is 1.85. The van der Waals surface area contributed by atoms with Crippen molar-refractivity contribution in [3.63, 3.8) is 0 Å². The zero-order valence-corrected chi connectivity index (χ0v) is 10.8. The first-order chi connectivity index (χ1) is 8.61. The Morgan fingerprint density at radius 1 is 1.39 bits per heavy atom. The predicted molar refractivity (Wildman–Crippen MR) is 70.7 cm³/mol. The van der Waals surface area contributed by atoms with Crippen LogP contribution in [0, 0.1) is 0 Å². The van der Waals surface area contributed by atoms with Gasteiger partial charge in [-0.2, -0.15) is 11.8 Å². The lowest BCUT2D eigenvalue weighted by Gasteiger charge is -2.06. The first kappa shape index (κ1) is 14.5. The van der Waals surface area contributed by atoms with E-state index in [1.54, 1.807) is 17.8 Å². The molecule has 0 aliphatic carbocycles. The van der Waals surface area contributed by atoms with Crippen molar-refractivity contribution in [2.75, 3.05) is 24.8 Å². The van der Waals surface area contributed by atoms with Crippen LogP contribution in [0.4, 0.5) is 5.69 Å². The van der Waals surface area contributed by atoms with E-state index in [0.717, 1.165) is 11.3 Å². The van der Waals surface area contributed by atoms with E-state index in [4.69, 9.17) is 9.84 Å².